The van der Waals surface area contributed by atoms with Gasteiger partial charge in [0.05, 0.1) is 22.8 Å². The second kappa shape index (κ2) is 15.0. The van der Waals surface area contributed by atoms with Crippen molar-refractivity contribution in [1.82, 2.24) is 19.9 Å². The Bertz CT molecular complexity index is 3100. The van der Waals surface area contributed by atoms with E-state index in [4.69, 9.17) is 9.97 Å². The number of aromatic amines is 2. The Hall–Kier alpha value is -7.89. The highest BCUT2D eigenvalue weighted by molar-refractivity contribution is 6.04. The standard InChI is InChI=1S/C53H36N4O/c58-34-41-24-14-13-15-35(41)25-26-40-33-48-51(38-20-9-3-10-21-38)46-30-29-44(55-46)49(36-16-5-1-6-17-36)42-27-28-43(54-42)50(37-18-7-2-8-19-37)45-31-32-47(56-45)52(53(40)57-48)39-22-11-4-12-23-39/h1-34,55-56H/b26-25-,49-42?,49-44?,50-43?,50-45?,51-46?,51-48?,52-47?,53-52?. The molecule has 3 aromatic heterocycles. The van der Waals surface area contributed by atoms with Gasteiger partial charge in [-0.1, -0.05) is 158 Å². The smallest absolute Gasteiger partial charge is 0.150 e. The summed E-state index contributed by atoms with van der Waals surface area (Å²) in [7, 11) is 0. The topological polar surface area (TPSA) is 74.4 Å². The van der Waals surface area contributed by atoms with E-state index in [0.717, 1.165) is 107 Å². The first kappa shape index (κ1) is 34.6. The monoisotopic (exact) mass is 744 g/mol. The zero-order valence-corrected chi connectivity index (χ0v) is 31.4. The van der Waals surface area contributed by atoms with Crippen LogP contribution in [0.15, 0.2) is 176 Å². The van der Waals surface area contributed by atoms with Crippen LogP contribution in [-0.4, -0.2) is 26.2 Å². The SMILES string of the molecule is O=Cc1ccccc1/C=C\C1=Cc2nc1c(-c1ccccc1)c1ccc([nH]1)c(-c1ccccc1)c1nc(c(-c3ccccc3)c3ccc([nH]3)c2-c2ccccc2)C=C1. The van der Waals surface area contributed by atoms with E-state index in [0.29, 0.717) is 5.56 Å². The van der Waals surface area contributed by atoms with Crippen molar-refractivity contribution in [2.24, 2.45) is 0 Å². The van der Waals surface area contributed by atoms with Gasteiger partial charge in [-0.15, -0.1) is 0 Å². The number of rotatable bonds is 7. The molecule has 8 aromatic rings. The van der Waals surface area contributed by atoms with Gasteiger partial charge in [-0.25, -0.2) is 9.97 Å². The third kappa shape index (κ3) is 6.41. The maximum Gasteiger partial charge on any atom is 0.150 e. The summed E-state index contributed by atoms with van der Waals surface area (Å²) < 4.78 is 0. The molecule has 0 fully saturated rings. The number of hydrogen-bond donors (Lipinski definition) is 2. The van der Waals surface area contributed by atoms with Crippen molar-refractivity contribution in [1.29, 1.82) is 0 Å². The molecule has 0 saturated heterocycles. The number of carbonyl (C=O) groups excluding carboxylic acids is 1. The molecule has 0 atom stereocenters. The Morgan fingerprint density at radius 3 is 1.24 bits per heavy atom. The van der Waals surface area contributed by atoms with Gasteiger partial charge < -0.3 is 9.97 Å². The molecule has 0 spiro atoms. The van der Waals surface area contributed by atoms with E-state index in [1.807, 2.05) is 54.6 Å². The number of fused-ring (bicyclic) bond motifs is 8. The summed E-state index contributed by atoms with van der Waals surface area (Å²) >= 11 is 0. The molecule has 5 heteroatoms. The zero-order valence-electron chi connectivity index (χ0n) is 31.4. The molecule has 5 nitrogen and oxygen atoms in total. The molecule has 0 unspecified atom stereocenters. The second-order valence-corrected chi connectivity index (χ2v) is 14.3. The van der Waals surface area contributed by atoms with Gasteiger partial charge in [0, 0.05) is 55.5 Å². The number of carbonyl (C=O) groups is 1. The summed E-state index contributed by atoms with van der Waals surface area (Å²) in [5.41, 5.74) is 17.6. The lowest BCUT2D eigenvalue weighted by molar-refractivity contribution is 0.112. The van der Waals surface area contributed by atoms with Crippen LogP contribution >= 0.6 is 0 Å². The van der Waals surface area contributed by atoms with E-state index in [1.54, 1.807) is 0 Å². The molecule has 0 saturated carbocycles. The van der Waals surface area contributed by atoms with Gasteiger partial charge in [0.1, 0.15) is 0 Å². The molecule has 8 bridgehead atoms. The number of allylic oxidation sites excluding steroid dienone is 2. The van der Waals surface area contributed by atoms with Crippen LogP contribution in [0.2, 0.25) is 0 Å². The van der Waals surface area contributed by atoms with E-state index >= 15 is 0 Å². The Morgan fingerprint density at radius 1 is 0.379 bits per heavy atom. The first-order chi connectivity index (χ1) is 28.7. The maximum absolute atomic E-state index is 12.1. The van der Waals surface area contributed by atoms with Gasteiger partial charge in [0.2, 0.25) is 0 Å². The van der Waals surface area contributed by atoms with E-state index in [-0.39, 0.29) is 0 Å². The second-order valence-electron chi connectivity index (χ2n) is 14.3. The minimum atomic E-state index is 0.626. The van der Waals surface area contributed by atoms with Crippen LogP contribution in [-0.2, 0) is 0 Å². The molecule has 58 heavy (non-hydrogen) atoms. The highest BCUT2D eigenvalue weighted by atomic mass is 16.1. The van der Waals surface area contributed by atoms with Crippen LogP contribution in [0.4, 0.5) is 0 Å². The average molecular weight is 745 g/mol. The molecular formula is C53H36N4O. The average Bonchev–Trinajstić information content (AvgIpc) is 4.12. The molecular weight excluding hydrogens is 709 g/mol. The predicted octanol–water partition coefficient (Wildman–Crippen LogP) is 13.2. The molecule has 0 amide bonds. The first-order valence-electron chi connectivity index (χ1n) is 19.4. The molecule has 2 aliphatic heterocycles. The predicted molar refractivity (Wildman–Crippen MR) is 240 cm³/mol. The summed E-state index contributed by atoms with van der Waals surface area (Å²) in [5, 5.41) is 0. The van der Waals surface area contributed by atoms with Crippen molar-refractivity contribution < 1.29 is 4.79 Å². The fourth-order valence-electron chi connectivity index (χ4n) is 8.02. The van der Waals surface area contributed by atoms with E-state index in [2.05, 4.69) is 156 Å². The minimum Gasteiger partial charge on any atom is -0.354 e. The molecule has 2 N–H and O–H groups in total. The Labute approximate surface area is 336 Å². The van der Waals surface area contributed by atoms with Crippen molar-refractivity contribution >= 4 is 58.2 Å². The lowest BCUT2D eigenvalue weighted by atomic mass is 9.98. The summed E-state index contributed by atoms with van der Waals surface area (Å²) in [6.45, 7) is 0. The third-order valence-corrected chi connectivity index (χ3v) is 10.7. The Morgan fingerprint density at radius 2 is 0.776 bits per heavy atom. The van der Waals surface area contributed by atoms with Crippen molar-refractivity contribution in [3.05, 3.63) is 210 Å². The van der Waals surface area contributed by atoms with Gasteiger partial charge >= 0.3 is 0 Å². The number of nitrogens with one attached hydrogen (secondary N) is 2. The molecule has 274 valence electrons. The van der Waals surface area contributed by atoms with Gasteiger partial charge in [-0.3, -0.25) is 4.79 Å². The molecule has 5 aromatic carbocycles. The zero-order chi connectivity index (χ0) is 38.8. The van der Waals surface area contributed by atoms with Crippen LogP contribution in [0.1, 0.15) is 38.7 Å². The number of benzene rings is 5. The van der Waals surface area contributed by atoms with Crippen molar-refractivity contribution in [3.8, 4) is 44.5 Å². The number of aldehydes is 1. The van der Waals surface area contributed by atoms with Crippen molar-refractivity contribution in [2.75, 3.05) is 0 Å². The Balaban J connectivity index is 1.39. The van der Waals surface area contributed by atoms with Gasteiger partial charge in [-0.2, -0.15) is 0 Å². The lowest BCUT2D eigenvalue weighted by Gasteiger charge is -2.08. The lowest BCUT2D eigenvalue weighted by Crippen LogP contribution is -1.90. The summed E-state index contributed by atoms with van der Waals surface area (Å²) in [4.78, 5) is 30.8. The van der Waals surface area contributed by atoms with Gasteiger partial charge in [0.15, 0.2) is 6.29 Å². The first-order valence-corrected chi connectivity index (χ1v) is 19.4. The van der Waals surface area contributed by atoms with Crippen LogP contribution in [0, 0.1) is 0 Å². The quantitative estimate of drug-likeness (QED) is 0.160. The van der Waals surface area contributed by atoms with E-state index in [9.17, 15) is 4.79 Å². The number of nitrogens with zero attached hydrogens (tertiary/aromatic N) is 2. The highest BCUT2D eigenvalue weighted by Gasteiger charge is 2.21. The minimum absolute atomic E-state index is 0.626. The maximum atomic E-state index is 12.1. The number of hydrogen-bond acceptors (Lipinski definition) is 3. The summed E-state index contributed by atoms with van der Waals surface area (Å²) in [6.07, 6.45) is 11.4. The molecule has 0 aliphatic carbocycles. The van der Waals surface area contributed by atoms with Crippen LogP contribution in [0.25, 0.3) is 96.5 Å². The molecule has 2 aliphatic rings. The molecule has 5 heterocycles. The third-order valence-electron chi connectivity index (χ3n) is 10.7. The fourth-order valence-corrected chi connectivity index (χ4v) is 8.02. The summed E-state index contributed by atoms with van der Waals surface area (Å²) in [5.74, 6) is 0. The normalized spacial score (nSPS) is 12.2. The highest BCUT2D eigenvalue weighted by Crippen LogP contribution is 2.40. The van der Waals surface area contributed by atoms with Crippen molar-refractivity contribution in [2.45, 2.75) is 0 Å². The van der Waals surface area contributed by atoms with Crippen molar-refractivity contribution in [3.63, 3.8) is 0 Å². The van der Waals surface area contributed by atoms with E-state index < -0.39 is 0 Å². The number of aromatic nitrogens is 4. The van der Waals surface area contributed by atoms with Gasteiger partial charge in [0.25, 0.3) is 0 Å². The van der Waals surface area contributed by atoms with Crippen LogP contribution in [0.3, 0.4) is 0 Å². The fraction of sp³-hybridized carbons (Fsp3) is 0. The van der Waals surface area contributed by atoms with Crippen LogP contribution in [0.5, 0.6) is 0 Å². The summed E-state index contributed by atoms with van der Waals surface area (Å²) in [6, 6.07) is 57.9. The largest absolute Gasteiger partial charge is 0.354 e. The Kier molecular flexibility index (Phi) is 8.93. The number of H-pyrrole nitrogens is 2. The molecule has 10 rings (SSSR count). The molecule has 0 radical (unpaired) electrons. The van der Waals surface area contributed by atoms with E-state index in [1.165, 1.54) is 0 Å². The van der Waals surface area contributed by atoms with Gasteiger partial charge in [-0.05, 0) is 70.3 Å². The van der Waals surface area contributed by atoms with Crippen LogP contribution < -0.4 is 0 Å².